The van der Waals surface area contributed by atoms with Crippen LogP contribution in [0.3, 0.4) is 0 Å². The quantitative estimate of drug-likeness (QED) is 0.502. The fraction of sp³-hybridized carbons (Fsp3) is 0.500. The van der Waals surface area contributed by atoms with Gasteiger partial charge in [0.15, 0.2) is 12.1 Å². The van der Waals surface area contributed by atoms with Crippen LogP contribution < -0.4 is 0 Å². The van der Waals surface area contributed by atoms with Gasteiger partial charge in [0.05, 0.1) is 13.2 Å². The number of carbonyl (C=O) groups is 1. The van der Waals surface area contributed by atoms with Crippen LogP contribution in [0.4, 0.5) is 0 Å². The van der Waals surface area contributed by atoms with Crippen molar-refractivity contribution in [1.82, 2.24) is 0 Å². The monoisotopic (exact) mass is 196 g/mol. The van der Waals surface area contributed by atoms with Gasteiger partial charge in [0.1, 0.15) is 6.10 Å². The van der Waals surface area contributed by atoms with Crippen LogP contribution in [-0.2, 0) is 14.3 Å². The maximum absolute atomic E-state index is 11.0. The first-order valence-corrected chi connectivity index (χ1v) is 4.31. The molecule has 0 aromatic rings. The van der Waals surface area contributed by atoms with Crippen molar-refractivity contribution >= 4 is 5.78 Å². The number of ketones is 1. The largest absolute Gasteiger partial charge is 0.393 e. The number of hydrogen-bond acceptors (Lipinski definition) is 4. The molecule has 0 saturated carbocycles. The van der Waals surface area contributed by atoms with Crippen LogP contribution in [0.25, 0.3) is 0 Å². The minimum atomic E-state index is -0.809. The molecule has 0 fully saturated rings. The summed E-state index contributed by atoms with van der Waals surface area (Å²) < 4.78 is 10.3. The lowest BCUT2D eigenvalue weighted by molar-refractivity contribution is -0.168. The van der Waals surface area contributed by atoms with E-state index < -0.39 is 12.4 Å². The van der Waals surface area contributed by atoms with Crippen LogP contribution >= 0.6 is 0 Å². The molecule has 1 N–H and O–H groups in total. The van der Waals surface area contributed by atoms with Crippen molar-refractivity contribution in [3.05, 3.63) is 12.2 Å². The van der Waals surface area contributed by atoms with Gasteiger partial charge in [-0.2, -0.15) is 0 Å². The zero-order chi connectivity index (χ0) is 10.4. The molecule has 1 rings (SSSR count). The lowest BCUT2D eigenvalue weighted by Crippen LogP contribution is -2.35. The highest BCUT2D eigenvalue weighted by atomic mass is 16.7. The summed E-state index contributed by atoms with van der Waals surface area (Å²) in [6.07, 6.45) is 6.99. The summed E-state index contributed by atoms with van der Waals surface area (Å²) in [5, 5.41) is 8.78. The molecule has 14 heavy (non-hydrogen) atoms. The number of aliphatic hydroxyl groups is 1. The first-order valence-electron chi connectivity index (χ1n) is 4.31. The third kappa shape index (κ3) is 2.96. The Labute approximate surface area is 82.5 Å². The number of hydrogen-bond donors (Lipinski definition) is 1. The molecule has 4 heteroatoms. The molecule has 0 radical (unpaired) electrons. The Balaban J connectivity index is 2.38. The maximum atomic E-state index is 11.0. The summed E-state index contributed by atoms with van der Waals surface area (Å²) in [6, 6.07) is 0. The van der Waals surface area contributed by atoms with Gasteiger partial charge in [-0.25, -0.2) is 0 Å². The molecule has 4 nitrogen and oxygen atoms in total. The van der Waals surface area contributed by atoms with E-state index >= 15 is 0 Å². The predicted octanol–water partition coefficient (Wildman–Crippen LogP) is -0.131. The average molecular weight is 196 g/mol. The lowest BCUT2D eigenvalue weighted by Gasteiger charge is -2.23. The van der Waals surface area contributed by atoms with Crippen molar-refractivity contribution in [2.45, 2.75) is 18.8 Å². The Bertz CT molecular complexity index is 264. The molecule has 1 aliphatic heterocycles. The van der Waals surface area contributed by atoms with E-state index in [1.54, 1.807) is 0 Å². The van der Waals surface area contributed by atoms with Gasteiger partial charge in [-0.1, -0.05) is 0 Å². The molecule has 0 spiro atoms. The van der Waals surface area contributed by atoms with Crippen molar-refractivity contribution in [2.75, 3.05) is 13.2 Å². The summed E-state index contributed by atoms with van der Waals surface area (Å²) in [7, 11) is 0. The molecule has 1 aliphatic rings. The third-order valence-corrected chi connectivity index (χ3v) is 1.73. The molecule has 76 valence electrons. The zero-order valence-electron chi connectivity index (χ0n) is 7.68. The minimum Gasteiger partial charge on any atom is -0.393 e. The van der Waals surface area contributed by atoms with E-state index in [4.69, 9.17) is 21.0 Å². The van der Waals surface area contributed by atoms with Gasteiger partial charge in [0, 0.05) is 6.42 Å². The number of terminal acetylenes is 1. The lowest BCUT2D eigenvalue weighted by atomic mass is 10.2. The van der Waals surface area contributed by atoms with Gasteiger partial charge in [-0.3, -0.25) is 4.79 Å². The van der Waals surface area contributed by atoms with Crippen molar-refractivity contribution in [3.63, 3.8) is 0 Å². The summed E-state index contributed by atoms with van der Waals surface area (Å²) in [5.41, 5.74) is 0. The smallest absolute Gasteiger partial charge is 0.186 e. The SMILES string of the molecule is C#CCCO[C@@H]1C=CC(=O)[C@@H](CO)O1. The van der Waals surface area contributed by atoms with Crippen molar-refractivity contribution in [2.24, 2.45) is 0 Å². The Hall–Kier alpha value is -1.15. The third-order valence-electron chi connectivity index (χ3n) is 1.73. The number of carbonyl (C=O) groups excluding carboxylic acids is 1. The average Bonchev–Trinajstić information content (AvgIpc) is 2.21. The zero-order valence-corrected chi connectivity index (χ0v) is 7.68. The highest BCUT2D eigenvalue weighted by Gasteiger charge is 2.24. The molecule has 0 aromatic heterocycles. The Morgan fingerprint density at radius 1 is 1.71 bits per heavy atom. The van der Waals surface area contributed by atoms with E-state index in [-0.39, 0.29) is 12.4 Å². The highest BCUT2D eigenvalue weighted by molar-refractivity contribution is 5.94. The van der Waals surface area contributed by atoms with E-state index in [0.29, 0.717) is 13.0 Å². The molecule has 0 saturated heterocycles. The van der Waals surface area contributed by atoms with Crippen molar-refractivity contribution < 1.29 is 19.4 Å². The van der Waals surface area contributed by atoms with E-state index in [2.05, 4.69) is 5.92 Å². The molecule has 1 heterocycles. The van der Waals surface area contributed by atoms with Crippen LogP contribution in [0.15, 0.2) is 12.2 Å². The standard InChI is InChI=1S/C10H12O4/c1-2-3-6-13-10-5-4-8(12)9(7-11)14-10/h1,4-5,9-11H,3,6-7H2/t9-,10+/m1/s1. The number of aliphatic hydroxyl groups excluding tert-OH is 1. The van der Waals surface area contributed by atoms with Crippen LogP contribution in [-0.4, -0.2) is 36.5 Å². The Kier molecular flexibility index (Phi) is 4.33. The summed E-state index contributed by atoms with van der Waals surface area (Å²) >= 11 is 0. The molecule has 0 amide bonds. The Morgan fingerprint density at radius 2 is 2.50 bits per heavy atom. The molecule has 0 bridgehead atoms. The fourth-order valence-electron chi connectivity index (χ4n) is 1.02. The second-order valence-electron chi connectivity index (χ2n) is 2.76. The second kappa shape index (κ2) is 5.55. The van der Waals surface area contributed by atoms with Crippen LogP contribution in [0.5, 0.6) is 0 Å². The topological polar surface area (TPSA) is 55.8 Å². The van der Waals surface area contributed by atoms with Gasteiger partial charge in [-0.05, 0) is 12.2 Å². The highest BCUT2D eigenvalue weighted by Crippen LogP contribution is 2.10. The van der Waals surface area contributed by atoms with E-state index in [1.165, 1.54) is 12.2 Å². The van der Waals surface area contributed by atoms with Crippen LogP contribution in [0, 0.1) is 12.3 Å². The summed E-state index contributed by atoms with van der Waals surface area (Å²) in [4.78, 5) is 11.0. The van der Waals surface area contributed by atoms with Gasteiger partial charge in [0.2, 0.25) is 0 Å². The van der Waals surface area contributed by atoms with E-state index in [1.807, 2.05) is 0 Å². The Morgan fingerprint density at radius 3 is 3.14 bits per heavy atom. The first-order chi connectivity index (χ1) is 6.77. The van der Waals surface area contributed by atoms with Crippen molar-refractivity contribution in [3.8, 4) is 12.3 Å². The van der Waals surface area contributed by atoms with Gasteiger partial charge in [0.25, 0.3) is 0 Å². The van der Waals surface area contributed by atoms with Crippen LogP contribution in [0.1, 0.15) is 6.42 Å². The summed E-state index contributed by atoms with van der Waals surface area (Å²) in [6.45, 7) is 0.0377. The fourth-order valence-corrected chi connectivity index (χ4v) is 1.02. The molecule has 0 unspecified atom stereocenters. The van der Waals surface area contributed by atoms with E-state index in [9.17, 15) is 4.79 Å². The van der Waals surface area contributed by atoms with Crippen molar-refractivity contribution in [1.29, 1.82) is 0 Å². The normalized spacial score (nSPS) is 26.1. The molecular formula is C10H12O4. The first kappa shape index (κ1) is 10.9. The molecular weight excluding hydrogens is 184 g/mol. The summed E-state index contributed by atoms with van der Waals surface area (Å²) in [5.74, 6) is 2.17. The van der Waals surface area contributed by atoms with Gasteiger partial charge < -0.3 is 14.6 Å². The molecule has 0 aliphatic carbocycles. The maximum Gasteiger partial charge on any atom is 0.186 e. The minimum absolute atomic E-state index is 0.246. The number of ether oxygens (including phenoxy) is 2. The van der Waals surface area contributed by atoms with Gasteiger partial charge >= 0.3 is 0 Å². The second-order valence-corrected chi connectivity index (χ2v) is 2.76. The van der Waals surface area contributed by atoms with Gasteiger partial charge in [-0.15, -0.1) is 12.3 Å². The van der Waals surface area contributed by atoms with Crippen LogP contribution in [0.2, 0.25) is 0 Å². The number of rotatable bonds is 4. The molecule has 0 aromatic carbocycles. The molecule has 2 atom stereocenters. The van der Waals surface area contributed by atoms with E-state index in [0.717, 1.165) is 0 Å². The predicted molar refractivity (Wildman–Crippen MR) is 49.3 cm³/mol.